The molecule has 0 unspecified atom stereocenters. The van der Waals surface area contributed by atoms with Gasteiger partial charge in [0.2, 0.25) is 5.96 Å². The van der Waals surface area contributed by atoms with Gasteiger partial charge < -0.3 is 18.4 Å². The third kappa shape index (κ3) is 13.1. The molecule has 0 fully saturated rings. The predicted octanol–water partition coefficient (Wildman–Crippen LogP) is 7.90. The molecule has 0 bridgehead atoms. The number of halogens is 2. The molecule has 2 rings (SSSR count). The van der Waals surface area contributed by atoms with Crippen LogP contribution in [0.25, 0.3) is 0 Å². The fourth-order valence-corrected chi connectivity index (χ4v) is 4.25. The summed E-state index contributed by atoms with van der Waals surface area (Å²) in [5.74, 6) is 0.168. The first kappa shape index (κ1) is 32.9. The third-order valence-electron chi connectivity index (χ3n) is 4.44. The van der Waals surface area contributed by atoms with E-state index in [0.29, 0.717) is 35.4 Å². The highest BCUT2D eigenvalue weighted by Crippen LogP contribution is 2.27. The maximum atomic E-state index is 12.9. The highest BCUT2D eigenvalue weighted by Gasteiger charge is 2.28. The van der Waals surface area contributed by atoms with Crippen molar-refractivity contribution in [1.29, 1.82) is 5.41 Å². The first-order valence-corrected chi connectivity index (χ1v) is 14.5. The van der Waals surface area contributed by atoms with Crippen molar-refractivity contribution >= 4 is 62.0 Å². The summed E-state index contributed by atoms with van der Waals surface area (Å²) < 4.78 is 23.8. The summed E-state index contributed by atoms with van der Waals surface area (Å²) in [5, 5.41) is 10.6. The van der Waals surface area contributed by atoms with Crippen molar-refractivity contribution < 1.29 is 28.0 Å². The lowest BCUT2D eigenvalue weighted by Crippen LogP contribution is -2.49. The molecule has 39 heavy (non-hydrogen) atoms. The Bertz CT molecular complexity index is 1130. The Kier molecular flexibility index (Phi) is 12.6. The van der Waals surface area contributed by atoms with Crippen LogP contribution in [0.4, 0.5) is 9.59 Å². The minimum atomic E-state index is -0.842. The van der Waals surface area contributed by atoms with Gasteiger partial charge >= 0.3 is 12.2 Å². The van der Waals surface area contributed by atoms with Crippen LogP contribution in [0.5, 0.6) is 5.75 Å². The molecule has 0 aromatic heterocycles. The summed E-state index contributed by atoms with van der Waals surface area (Å²) >= 11 is 8.24. The molecule has 2 amide bonds. The molecule has 12 heteroatoms. The molecule has 214 valence electrons. The zero-order chi connectivity index (χ0) is 29.2. The number of carbonyl (C=O) groups is 2. The number of amides is 2. The van der Waals surface area contributed by atoms with Gasteiger partial charge in [-0.3, -0.25) is 10.7 Å². The van der Waals surface area contributed by atoms with E-state index in [1.165, 1.54) is 12.0 Å². The quantitative estimate of drug-likeness (QED) is 0.119. The molecular formula is C27H35Br2N3O6S. The number of carbonyl (C=O) groups excluding carboxylic acids is 2. The van der Waals surface area contributed by atoms with Crippen molar-refractivity contribution in [3.63, 3.8) is 0 Å². The summed E-state index contributed by atoms with van der Waals surface area (Å²) in [6.45, 7) is 11.2. The van der Waals surface area contributed by atoms with Gasteiger partial charge in [-0.1, -0.05) is 22.0 Å². The number of ether oxygens (including phenoxy) is 3. The van der Waals surface area contributed by atoms with Crippen LogP contribution in [0.15, 0.2) is 56.3 Å². The molecule has 2 aromatic rings. The molecule has 0 spiro atoms. The van der Waals surface area contributed by atoms with Crippen molar-refractivity contribution in [3.8, 4) is 5.75 Å². The summed E-state index contributed by atoms with van der Waals surface area (Å²) in [5.41, 5.74) is -0.864. The van der Waals surface area contributed by atoms with Crippen LogP contribution >= 0.6 is 43.9 Å². The van der Waals surface area contributed by atoms with Crippen molar-refractivity contribution in [1.82, 2.24) is 10.2 Å². The third-order valence-corrected chi connectivity index (χ3v) is 6.34. The van der Waals surface area contributed by atoms with Crippen LogP contribution in [0.3, 0.4) is 0 Å². The largest absolute Gasteiger partial charge is 0.492 e. The van der Waals surface area contributed by atoms with E-state index in [9.17, 15) is 9.59 Å². The van der Waals surface area contributed by atoms with Gasteiger partial charge in [-0.25, -0.2) is 14.5 Å². The summed E-state index contributed by atoms with van der Waals surface area (Å²) in [6, 6.07) is 13.2. The molecule has 0 saturated carbocycles. The van der Waals surface area contributed by atoms with Crippen molar-refractivity contribution in [2.24, 2.45) is 0 Å². The van der Waals surface area contributed by atoms with E-state index < -0.39 is 29.3 Å². The molecule has 0 radical (unpaired) electrons. The molecule has 0 atom stereocenters. The second-order valence-corrected chi connectivity index (χ2v) is 13.0. The number of guanidine groups is 1. The first-order valence-electron chi connectivity index (χ1n) is 12.2. The highest BCUT2D eigenvalue weighted by molar-refractivity contribution is 9.10. The van der Waals surface area contributed by atoms with Crippen molar-refractivity contribution in [3.05, 3.63) is 57.0 Å². The summed E-state index contributed by atoms with van der Waals surface area (Å²) in [6.07, 6.45) is -0.927. The zero-order valence-electron chi connectivity index (χ0n) is 22.9. The van der Waals surface area contributed by atoms with Crippen LogP contribution < -0.4 is 10.1 Å². The Morgan fingerprint density at radius 3 is 2.18 bits per heavy atom. The number of benzene rings is 2. The lowest BCUT2D eigenvalue weighted by Gasteiger charge is -2.28. The van der Waals surface area contributed by atoms with Crippen LogP contribution in [0.1, 0.15) is 53.5 Å². The van der Waals surface area contributed by atoms with Gasteiger partial charge in [0.05, 0.1) is 24.2 Å². The lowest BCUT2D eigenvalue weighted by molar-refractivity contribution is 0.0346. The van der Waals surface area contributed by atoms with Gasteiger partial charge in [-0.2, -0.15) is 0 Å². The average Bonchev–Trinajstić information content (AvgIpc) is 2.79. The second kappa shape index (κ2) is 14.9. The first-order chi connectivity index (χ1) is 18.1. The minimum Gasteiger partial charge on any atom is -0.492 e. The predicted molar refractivity (Wildman–Crippen MR) is 159 cm³/mol. The molecule has 2 aromatic carbocycles. The Labute approximate surface area is 251 Å². The van der Waals surface area contributed by atoms with Crippen molar-refractivity contribution in [2.45, 2.75) is 70.6 Å². The van der Waals surface area contributed by atoms with Gasteiger partial charge in [-0.05, 0) is 99.4 Å². The zero-order valence-corrected chi connectivity index (χ0v) is 26.9. The van der Waals surface area contributed by atoms with E-state index in [-0.39, 0.29) is 6.54 Å². The molecule has 0 saturated heterocycles. The van der Waals surface area contributed by atoms with Gasteiger partial charge in [0.25, 0.3) is 0 Å². The minimum absolute atomic E-state index is 0.0243. The molecule has 0 aliphatic carbocycles. The Balaban J connectivity index is 1.95. The number of alkyl carbamates (subject to hydrolysis) is 1. The van der Waals surface area contributed by atoms with Gasteiger partial charge in [0.1, 0.15) is 17.0 Å². The van der Waals surface area contributed by atoms with Crippen LogP contribution in [0.2, 0.25) is 0 Å². The second-order valence-electron chi connectivity index (χ2n) is 10.4. The van der Waals surface area contributed by atoms with Crippen molar-refractivity contribution in [2.75, 3.05) is 13.2 Å². The maximum absolute atomic E-state index is 12.9. The normalized spacial score (nSPS) is 11.5. The Hall–Kier alpha value is -2.28. The Morgan fingerprint density at radius 1 is 0.949 bits per heavy atom. The van der Waals surface area contributed by atoms with E-state index in [4.69, 9.17) is 23.8 Å². The molecular weight excluding hydrogens is 654 g/mol. The smallest absolute Gasteiger partial charge is 0.417 e. The van der Waals surface area contributed by atoms with E-state index in [2.05, 4.69) is 37.2 Å². The number of hydrogen-bond acceptors (Lipinski definition) is 8. The molecule has 0 aliphatic rings. The number of rotatable bonds is 9. The maximum Gasteiger partial charge on any atom is 0.417 e. The SMILES string of the molecule is CC(C)(C)OC(=O)NC(=N)N(Cc1ccc(OCCCOSc2ccc(Br)cc2)c(Br)c1)C(=O)OC(C)(C)C. The van der Waals surface area contributed by atoms with Gasteiger partial charge in [0.15, 0.2) is 0 Å². The lowest BCUT2D eigenvalue weighted by atomic mass is 10.2. The molecule has 0 heterocycles. The molecule has 2 N–H and O–H groups in total. The van der Waals surface area contributed by atoms with Crippen LogP contribution in [-0.4, -0.2) is 47.5 Å². The van der Waals surface area contributed by atoms with E-state index in [1.54, 1.807) is 59.7 Å². The molecule has 0 aliphatic heterocycles. The standard InChI is InChI=1S/C27H35Br2N3O6S/c1-26(2,3)37-24(33)31-23(30)32(25(34)38-27(4,5)6)17-18-8-13-22(21(29)16-18)35-14-7-15-36-39-20-11-9-19(28)10-12-20/h8-13,16H,7,14-15,17H2,1-6H3,(H2,30,31,33). The fourth-order valence-electron chi connectivity index (χ4n) is 2.86. The van der Waals surface area contributed by atoms with Crippen LogP contribution in [-0.2, 0) is 20.2 Å². The Morgan fingerprint density at radius 2 is 1.59 bits per heavy atom. The fraction of sp³-hybridized carbons (Fsp3) is 0.444. The summed E-state index contributed by atoms with van der Waals surface area (Å²) in [7, 11) is 0. The number of hydrogen-bond donors (Lipinski definition) is 2. The van der Waals surface area contributed by atoms with Crippen LogP contribution in [0, 0.1) is 5.41 Å². The van der Waals surface area contributed by atoms with Gasteiger partial charge in [0, 0.05) is 27.8 Å². The number of nitrogens with zero attached hydrogens (tertiary/aromatic N) is 1. The van der Waals surface area contributed by atoms with E-state index in [1.807, 2.05) is 24.3 Å². The average molecular weight is 689 g/mol. The number of nitrogens with one attached hydrogen (secondary N) is 2. The topological polar surface area (TPSA) is 110 Å². The van der Waals surface area contributed by atoms with Gasteiger partial charge in [-0.15, -0.1) is 0 Å². The van der Waals surface area contributed by atoms with E-state index in [0.717, 1.165) is 14.3 Å². The monoisotopic (exact) mass is 687 g/mol. The highest BCUT2D eigenvalue weighted by atomic mass is 79.9. The van der Waals surface area contributed by atoms with E-state index >= 15 is 0 Å². The molecule has 9 nitrogen and oxygen atoms in total. The summed E-state index contributed by atoms with van der Waals surface area (Å²) in [4.78, 5) is 27.1.